The molecule has 8 heteroatoms. The Morgan fingerprint density at radius 2 is 1.91 bits per heavy atom. The fourth-order valence-electron chi connectivity index (χ4n) is 4.46. The van der Waals surface area contributed by atoms with E-state index in [0.29, 0.717) is 24.0 Å². The van der Waals surface area contributed by atoms with E-state index in [1.807, 2.05) is 0 Å². The van der Waals surface area contributed by atoms with Crippen LogP contribution in [0.25, 0.3) is 11.1 Å². The predicted octanol–water partition coefficient (Wildman–Crippen LogP) is 5.23. The number of aromatic nitrogens is 2. The lowest BCUT2D eigenvalue weighted by Gasteiger charge is -2.25. The number of hydrogen-bond acceptors (Lipinski definition) is 3. The van der Waals surface area contributed by atoms with Crippen molar-refractivity contribution in [2.75, 3.05) is 5.32 Å². The molecule has 0 atom stereocenters. The fourth-order valence-corrected chi connectivity index (χ4v) is 4.46. The lowest BCUT2D eigenvalue weighted by Crippen LogP contribution is -2.29. The van der Waals surface area contributed by atoms with Crippen molar-refractivity contribution < 1.29 is 23.5 Å². The van der Waals surface area contributed by atoms with E-state index in [1.165, 1.54) is 18.3 Å². The van der Waals surface area contributed by atoms with Crippen LogP contribution in [0, 0.1) is 18.6 Å². The molecule has 6 nitrogen and oxygen atoms in total. The molecule has 33 heavy (non-hydrogen) atoms. The Morgan fingerprint density at radius 1 is 1.15 bits per heavy atom. The first-order valence-corrected chi connectivity index (χ1v) is 11.0. The van der Waals surface area contributed by atoms with Crippen molar-refractivity contribution in [2.24, 2.45) is 0 Å². The Labute approximate surface area is 189 Å². The second kappa shape index (κ2) is 7.79. The number of nitrogens with zero attached hydrogens (tertiary/aromatic N) is 2. The van der Waals surface area contributed by atoms with E-state index in [2.05, 4.69) is 10.4 Å². The SMILES string of the molecule is Cc1ccc(C2(C(=O)Nc3cc(F)c(-c4cnn(C5CCC5)c4)c(C(=O)O)c3)CC2)c(F)c1. The maximum absolute atomic E-state index is 15.1. The minimum Gasteiger partial charge on any atom is -0.478 e. The quantitative estimate of drug-likeness (QED) is 0.538. The van der Waals surface area contributed by atoms with Crippen LogP contribution in [0.1, 0.15) is 59.6 Å². The number of halogens is 2. The largest absolute Gasteiger partial charge is 0.478 e. The number of nitrogens with one attached hydrogen (secondary N) is 1. The van der Waals surface area contributed by atoms with E-state index in [0.717, 1.165) is 30.9 Å². The van der Waals surface area contributed by atoms with E-state index >= 15 is 4.39 Å². The molecule has 2 saturated carbocycles. The second-order valence-corrected chi connectivity index (χ2v) is 9.00. The van der Waals surface area contributed by atoms with Gasteiger partial charge < -0.3 is 10.4 Å². The van der Waals surface area contributed by atoms with Crippen molar-refractivity contribution >= 4 is 17.6 Å². The first kappa shape index (κ1) is 21.3. The van der Waals surface area contributed by atoms with Crippen LogP contribution >= 0.6 is 0 Å². The summed E-state index contributed by atoms with van der Waals surface area (Å²) in [6, 6.07) is 7.31. The van der Waals surface area contributed by atoms with E-state index in [4.69, 9.17) is 0 Å². The predicted molar refractivity (Wildman–Crippen MR) is 118 cm³/mol. The number of benzene rings is 2. The van der Waals surface area contributed by atoms with Crippen LogP contribution in [0.5, 0.6) is 0 Å². The van der Waals surface area contributed by atoms with E-state index in [-0.39, 0.29) is 22.9 Å². The van der Waals surface area contributed by atoms with Gasteiger partial charge in [0.05, 0.1) is 23.2 Å². The van der Waals surface area contributed by atoms with Crippen molar-refractivity contribution in [1.82, 2.24) is 9.78 Å². The number of rotatable bonds is 6. The number of aromatic carboxylic acids is 1. The van der Waals surface area contributed by atoms with Gasteiger partial charge in [0.2, 0.25) is 5.91 Å². The Bertz CT molecular complexity index is 1280. The van der Waals surface area contributed by atoms with Gasteiger partial charge in [-0.2, -0.15) is 5.10 Å². The molecule has 1 heterocycles. The normalized spacial score (nSPS) is 16.8. The number of amides is 1. The lowest BCUT2D eigenvalue weighted by atomic mass is 9.93. The van der Waals surface area contributed by atoms with Gasteiger partial charge in [-0.3, -0.25) is 9.48 Å². The maximum Gasteiger partial charge on any atom is 0.336 e. The summed E-state index contributed by atoms with van der Waals surface area (Å²) in [6.07, 6.45) is 7.13. The summed E-state index contributed by atoms with van der Waals surface area (Å²) in [7, 11) is 0. The number of hydrogen-bond donors (Lipinski definition) is 2. The van der Waals surface area contributed by atoms with Gasteiger partial charge in [0.25, 0.3) is 0 Å². The van der Waals surface area contributed by atoms with Crippen LogP contribution < -0.4 is 5.32 Å². The van der Waals surface area contributed by atoms with Gasteiger partial charge in [-0.15, -0.1) is 0 Å². The molecular formula is C25H23F2N3O3. The number of carbonyl (C=O) groups is 2. The molecule has 1 amide bonds. The molecule has 2 aliphatic rings. The molecule has 2 aromatic carbocycles. The van der Waals surface area contributed by atoms with Gasteiger partial charge in [-0.1, -0.05) is 12.1 Å². The number of carbonyl (C=O) groups excluding carboxylic acids is 1. The van der Waals surface area contributed by atoms with Crippen LogP contribution in [0.4, 0.5) is 14.5 Å². The van der Waals surface area contributed by atoms with Crippen LogP contribution in [-0.4, -0.2) is 26.8 Å². The van der Waals surface area contributed by atoms with Crippen molar-refractivity contribution in [3.05, 3.63) is 71.1 Å². The molecule has 2 N–H and O–H groups in total. The number of carboxylic acid groups (broad SMARTS) is 1. The van der Waals surface area contributed by atoms with Crippen molar-refractivity contribution in [2.45, 2.75) is 50.5 Å². The lowest BCUT2D eigenvalue weighted by molar-refractivity contribution is -0.118. The Hall–Kier alpha value is -3.55. The summed E-state index contributed by atoms with van der Waals surface area (Å²) < 4.78 is 31.4. The summed E-state index contributed by atoms with van der Waals surface area (Å²) in [4.78, 5) is 25.0. The minimum absolute atomic E-state index is 0.0174. The van der Waals surface area contributed by atoms with E-state index in [9.17, 15) is 19.1 Å². The summed E-state index contributed by atoms with van der Waals surface area (Å²) in [5, 5.41) is 16.6. The highest BCUT2D eigenvalue weighted by atomic mass is 19.1. The highest BCUT2D eigenvalue weighted by Crippen LogP contribution is 2.50. The Morgan fingerprint density at radius 3 is 2.52 bits per heavy atom. The Kier molecular flexibility index (Phi) is 5.03. The summed E-state index contributed by atoms with van der Waals surface area (Å²) in [6.45, 7) is 1.76. The molecule has 2 aliphatic carbocycles. The third kappa shape index (κ3) is 3.69. The fraction of sp³-hybridized carbons (Fsp3) is 0.320. The third-order valence-electron chi connectivity index (χ3n) is 6.74. The van der Waals surface area contributed by atoms with E-state index in [1.54, 1.807) is 29.9 Å². The molecule has 0 radical (unpaired) electrons. The summed E-state index contributed by atoms with van der Waals surface area (Å²) >= 11 is 0. The van der Waals surface area contributed by atoms with Gasteiger partial charge in [-0.25, -0.2) is 13.6 Å². The molecule has 0 spiro atoms. The zero-order chi connectivity index (χ0) is 23.3. The molecule has 5 rings (SSSR count). The Balaban J connectivity index is 1.45. The second-order valence-electron chi connectivity index (χ2n) is 9.00. The molecule has 0 saturated heterocycles. The smallest absolute Gasteiger partial charge is 0.336 e. The number of carboxylic acids is 1. The van der Waals surface area contributed by atoms with Gasteiger partial charge in [0.1, 0.15) is 11.6 Å². The third-order valence-corrected chi connectivity index (χ3v) is 6.74. The molecule has 1 aromatic heterocycles. The first-order chi connectivity index (χ1) is 15.8. The zero-order valence-corrected chi connectivity index (χ0v) is 18.1. The topological polar surface area (TPSA) is 84.2 Å². The van der Waals surface area contributed by atoms with Crippen molar-refractivity contribution in [3.8, 4) is 11.1 Å². The van der Waals surface area contributed by atoms with Crippen LogP contribution in [0.3, 0.4) is 0 Å². The molecule has 3 aromatic rings. The highest BCUT2D eigenvalue weighted by Gasteiger charge is 2.52. The molecule has 170 valence electrons. The van der Waals surface area contributed by atoms with Crippen LogP contribution in [0.15, 0.2) is 42.7 Å². The minimum atomic E-state index is -1.32. The van der Waals surface area contributed by atoms with Gasteiger partial charge in [-0.05, 0) is 62.8 Å². The van der Waals surface area contributed by atoms with Gasteiger partial charge >= 0.3 is 5.97 Å². The van der Waals surface area contributed by atoms with Gasteiger partial charge in [0.15, 0.2) is 0 Å². The number of anilines is 1. The average Bonchev–Trinajstić information content (AvgIpc) is 3.38. The van der Waals surface area contributed by atoms with Crippen molar-refractivity contribution in [3.63, 3.8) is 0 Å². The summed E-state index contributed by atoms with van der Waals surface area (Å²) in [5.41, 5.74) is 0.0576. The molecular weight excluding hydrogens is 428 g/mol. The molecule has 2 fully saturated rings. The van der Waals surface area contributed by atoms with Crippen LogP contribution in [-0.2, 0) is 10.2 Å². The first-order valence-electron chi connectivity index (χ1n) is 11.0. The van der Waals surface area contributed by atoms with Crippen molar-refractivity contribution in [1.29, 1.82) is 0 Å². The highest BCUT2D eigenvalue weighted by molar-refractivity contribution is 6.03. The van der Waals surface area contributed by atoms with E-state index < -0.39 is 28.9 Å². The standard InChI is InChI=1S/C25H23F2N3O3/c1-14-5-6-19(20(26)9-14)25(7-8-25)24(33)29-16-10-18(23(31)32)22(21(27)11-16)15-12-28-30(13-15)17-3-2-4-17/h5-6,9-13,17H,2-4,7-8H2,1H3,(H,29,33)(H,31,32). The maximum atomic E-state index is 15.1. The summed E-state index contributed by atoms with van der Waals surface area (Å²) in [5.74, 6) is -3.03. The monoisotopic (exact) mass is 451 g/mol. The molecule has 0 unspecified atom stereocenters. The average molecular weight is 451 g/mol. The van der Waals surface area contributed by atoms with Crippen LogP contribution in [0.2, 0.25) is 0 Å². The zero-order valence-electron chi connectivity index (χ0n) is 18.1. The molecule has 0 bridgehead atoms. The number of aryl methyl sites for hydroxylation is 1. The van der Waals surface area contributed by atoms with Gasteiger partial charge in [0, 0.05) is 28.6 Å². The molecule has 0 aliphatic heterocycles.